The van der Waals surface area contributed by atoms with Gasteiger partial charge in [0.25, 0.3) is 0 Å². The Kier molecular flexibility index (Phi) is 5.55. The molecule has 166 valence electrons. The van der Waals surface area contributed by atoms with E-state index in [4.69, 9.17) is 0 Å². The van der Waals surface area contributed by atoms with Crippen LogP contribution in [0.1, 0.15) is 42.0 Å². The van der Waals surface area contributed by atoms with Gasteiger partial charge < -0.3 is 4.90 Å². The van der Waals surface area contributed by atoms with Gasteiger partial charge in [0.2, 0.25) is 0 Å². The average Bonchev–Trinajstić information content (AvgIpc) is 2.77. The second-order valence-corrected chi connectivity index (χ2v) is 9.33. The maximum atomic E-state index is 14.5. The molecule has 0 aliphatic carbocycles. The lowest BCUT2D eigenvalue weighted by atomic mass is 9.75. The van der Waals surface area contributed by atoms with Crippen molar-refractivity contribution in [3.63, 3.8) is 0 Å². The van der Waals surface area contributed by atoms with Crippen LogP contribution in [0.5, 0.6) is 0 Å². The lowest BCUT2D eigenvalue weighted by Gasteiger charge is -2.49. The molecule has 2 unspecified atom stereocenters. The standard InChI is InChI=1S/C25H28F4N2/c26-21-7-5-19(6-8-21)24-22-4-2-1-3-18(22)11-14-31(24)23(25(27,28)29)15-20-16-30-12-9-17(20)10-13-30/h1-8,17,20,23-24H,9-16H2/t20-,23?,24?/m1/s1. The van der Waals surface area contributed by atoms with Crippen LogP contribution < -0.4 is 0 Å². The van der Waals surface area contributed by atoms with E-state index in [0.717, 1.165) is 49.2 Å². The molecular weight excluding hydrogens is 404 g/mol. The second kappa shape index (κ2) is 8.21. The SMILES string of the molecule is Fc1ccc(C2c3ccccc3CCN2C(C[C@@H]2CN3CCC2CC3)C(F)(F)F)cc1. The van der Waals surface area contributed by atoms with Crippen molar-refractivity contribution in [3.8, 4) is 0 Å². The first kappa shape index (κ1) is 21.0. The second-order valence-electron chi connectivity index (χ2n) is 9.33. The third kappa shape index (κ3) is 4.12. The highest BCUT2D eigenvalue weighted by Crippen LogP contribution is 2.44. The normalized spacial score (nSPS) is 29.5. The maximum absolute atomic E-state index is 14.5. The van der Waals surface area contributed by atoms with E-state index in [-0.39, 0.29) is 18.2 Å². The predicted molar refractivity (Wildman–Crippen MR) is 112 cm³/mol. The summed E-state index contributed by atoms with van der Waals surface area (Å²) in [4.78, 5) is 3.97. The van der Waals surface area contributed by atoms with Gasteiger partial charge in [-0.05, 0) is 79.4 Å². The summed E-state index contributed by atoms with van der Waals surface area (Å²) < 4.78 is 57.1. The highest BCUT2D eigenvalue weighted by molar-refractivity contribution is 5.40. The molecule has 6 rings (SSSR count). The Labute approximate surface area is 180 Å². The van der Waals surface area contributed by atoms with E-state index in [9.17, 15) is 17.6 Å². The maximum Gasteiger partial charge on any atom is 0.404 e. The Hall–Kier alpha value is -1.92. The molecule has 2 aromatic carbocycles. The molecule has 4 aliphatic rings. The third-order valence-corrected chi connectivity index (χ3v) is 7.60. The zero-order valence-electron chi connectivity index (χ0n) is 17.5. The number of halogens is 4. The van der Waals surface area contributed by atoms with E-state index in [1.54, 1.807) is 17.0 Å². The minimum Gasteiger partial charge on any atom is -0.303 e. The first-order valence-corrected chi connectivity index (χ1v) is 11.3. The molecule has 3 atom stereocenters. The minimum absolute atomic E-state index is 0.0835. The molecule has 2 aromatic rings. The van der Waals surface area contributed by atoms with E-state index in [0.29, 0.717) is 18.9 Å². The van der Waals surface area contributed by atoms with Crippen molar-refractivity contribution in [2.75, 3.05) is 26.2 Å². The first-order valence-electron chi connectivity index (χ1n) is 11.3. The number of hydrogen-bond donors (Lipinski definition) is 0. The van der Waals surface area contributed by atoms with Crippen molar-refractivity contribution < 1.29 is 17.6 Å². The van der Waals surface area contributed by atoms with Crippen LogP contribution in [0.3, 0.4) is 0 Å². The lowest BCUT2D eigenvalue weighted by molar-refractivity contribution is -0.197. The van der Waals surface area contributed by atoms with Gasteiger partial charge in [0.05, 0.1) is 6.04 Å². The van der Waals surface area contributed by atoms with Crippen LogP contribution in [-0.4, -0.2) is 48.2 Å². The fourth-order valence-corrected chi connectivity index (χ4v) is 6.04. The summed E-state index contributed by atoms with van der Waals surface area (Å²) in [6.45, 7) is 3.17. The molecule has 2 nitrogen and oxygen atoms in total. The fourth-order valence-electron chi connectivity index (χ4n) is 6.04. The number of nitrogens with zero attached hydrogens (tertiary/aromatic N) is 2. The van der Waals surface area contributed by atoms with Crippen molar-refractivity contribution in [3.05, 3.63) is 71.0 Å². The number of alkyl halides is 3. The van der Waals surface area contributed by atoms with Crippen molar-refractivity contribution in [1.82, 2.24) is 9.80 Å². The number of fused-ring (bicyclic) bond motifs is 4. The Morgan fingerprint density at radius 1 is 0.935 bits per heavy atom. The van der Waals surface area contributed by atoms with E-state index >= 15 is 0 Å². The van der Waals surface area contributed by atoms with Crippen molar-refractivity contribution >= 4 is 0 Å². The summed E-state index contributed by atoms with van der Waals surface area (Å²) in [5.41, 5.74) is 2.71. The monoisotopic (exact) mass is 432 g/mol. The van der Waals surface area contributed by atoms with Crippen LogP contribution in [0.4, 0.5) is 17.6 Å². The molecule has 0 radical (unpaired) electrons. The molecule has 0 saturated carbocycles. The smallest absolute Gasteiger partial charge is 0.303 e. The quantitative estimate of drug-likeness (QED) is 0.594. The number of hydrogen-bond acceptors (Lipinski definition) is 2. The Balaban J connectivity index is 1.51. The van der Waals surface area contributed by atoms with Gasteiger partial charge in [-0.2, -0.15) is 13.2 Å². The molecular formula is C25H28F4N2. The molecule has 31 heavy (non-hydrogen) atoms. The molecule has 0 amide bonds. The molecule has 3 saturated heterocycles. The molecule has 0 aromatic heterocycles. The third-order valence-electron chi connectivity index (χ3n) is 7.60. The van der Waals surface area contributed by atoms with Gasteiger partial charge in [-0.1, -0.05) is 36.4 Å². The summed E-state index contributed by atoms with van der Waals surface area (Å²) in [6.07, 6.45) is -1.54. The van der Waals surface area contributed by atoms with Crippen LogP contribution in [-0.2, 0) is 6.42 Å². The lowest BCUT2D eigenvalue weighted by Crippen LogP contribution is -2.54. The zero-order valence-corrected chi connectivity index (χ0v) is 17.5. The summed E-state index contributed by atoms with van der Waals surface area (Å²) >= 11 is 0. The summed E-state index contributed by atoms with van der Waals surface area (Å²) in [7, 11) is 0. The molecule has 3 fully saturated rings. The molecule has 0 N–H and O–H groups in total. The van der Waals surface area contributed by atoms with Crippen LogP contribution >= 0.6 is 0 Å². The van der Waals surface area contributed by atoms with Gasteiger partial charge in [0.1, 0.15) is 11.9 Å². The van der Waals surface area contributed by atoms with Crippen LogP contribution in [0.15, 0.2) is 48.5 Å². The Morgan fingerprint density at radius 3 is 2.29 bits per heavy atom. The van der Waals surface area contributed by atoms with Crippen molar-refractivity contribution in [2.24, 2.45) is 11.8 Å². The van der Waals surface area contributed by atoms with Crippen LogP contribution in [0.2, 0.25) is 0 Å². The summed E-state index contributed by atoms with van der Waals surface area (Å²) in [5, 5.41) is 0. The van der Waals surface area contributed by atoms with Crippen LogP contribution in [0, 0.1) is 17.7 Å². The predicted octanol–water partition coefficient (Wildman–Crippen LogP) is 5.44. The molecule has 0 spiro atoms. The topological polar surface area (TPSA) is 6.48 Å². The molecule has 4 heterocycles. The van der Waals surface area contributed by atoms with Crippen molar-refractivity contribution in [1.29, 1.82) is 0 Å². The number of piperidine rings is 3. The van der Waals surface area contributed by atoms with Gasteiger partial charge in [-0.3, -0.25) is 4.90 Å². The van der Waals surface area contributed by atoms with Gasteiger partial charge in [0.15, 0.2) is 0 Å². The Bertz CT molecular complexity index is 902. The van der Waals surface area contributed by atoms with E-state index in [2.05, 4.69) is 4.90 Å². The largest absolute Gasteiger partial charge is 0.404 e. The first-order chi connectivity index (χ1) is 14.9. The molecule has 6 heteroatoms. The number of rotatable bonds is 4. The van der Waals surface area contributed by atoms with E-state index < -0.39 is 18.3 Å². The van der Waals surface area contributed by atoms with E-state index in [1.807, 2.05) is 24.3 Å². The van der Waals surface area contributed by atoms with E-state index in [1.165, 1.54) is 12.1 Å². The molecule has 4 aliphatic heterocycles. The van der Waals surface area contributed by atoms with Gasteiger partial charge >= 0.3 is 6.18 Å². The summed E-state index contributed by atoms with van der Waals surface area (Å²) in [5.74, 6) is 0.107. The highest BCUT2D eigenvalue weighted by atomic mass is 19.4. The highest BCUT2D eigenvalue weighted by Gasteiger charge is 2.50. The average molecular weight is 433 g/mol. The molecule has 2 bridgehead atoms. The van der Waals surface area contributed by atoms with Gasteiger partial charge in [-0.15, -0.1) is 0 Å². The fraction of sp³-hybridized carbons (Fsp3) is 0.520. The van der Waals surface area contributed by atoms with Crippen molar-refractivity contribution in [2.45, 2.75) is 43.9 Å². The number of benzene rings is 2. The van der Waals surface area contributed by atoms with Gasteiger partial charge in [-0.25, -0.2) is 4.39 Å². The van der Waals surface area contributed by atoms with Gasteiger partial charge in [0, 0.05) is 13.1 Å². The minimum atomic E-state index is -4.31. The van der Waals surface area contributed by atoms with Crippen LogP contribution in [0.25, 0.3) is 0 Å². The Morgan fingerprint density at radius 2 is 1.65 bits per heavy atom. The summed E-state index contributed by atoms with van der Waals surface area (Å²) in [6, 6.07) is 11.7. The zero-order chi connectivity index (χ0) is 21.6.